The van der Waals surface area contributed by atoms with Crippen LogP contribution < -0.4 is 5.32 Å². The number of hydrogen-bond donors (Lipinski definition) is 1. The fourth-order valence-electron chi connectivity index (χ4n) is 2.75. The lowest BCUT2D eigenvalue weighted by molar-refractivity contribution is -0.384. The molecule has 0 spiro atoms. The Morgan fingerprint density at radius 3 is 2.70 bits per heavy atom. The van der Waals surface area contributed by atoms with Gasteiger partial charge < -0.3 is 5.32 Å². The van der Waals surface area contributed by atoms with E-state index in [9.17, 15) is 10.1 Å². The van der Waals surface area contributed by atoms with Gasteiger partial charge in [0.2, 0.25) is 0 Å². The molecule has 2 atom stereocenters. The maximum Gasteiger partial charge on any atom is 0.269 e. The Bertz CT molecular complexity index is 469. The standard InChI is InChI=1S/C15H21N3O2/c1-16-11-13-4-2-3-5-15(13)17-10-12-6-8-14(9-7-12)18(19)20/h6-10,13,15-16H,2-5,11H2,1H3/t13-,15+/m0/s1. The predicted octanol–water partition coefficient (Wildman–Crippen LogP) is 2.79. The molecule has 0 radical (unpaired) electrons. The Morgan fingerprint density at radius 2 is 2.05 bits per heavy atom. The zero-order valence-corrected chi connectivity index (χ0v) is 11.8. The van der Waals surface area contributed by atoms with Crippen LogP contribution in [0.1, 0.15) is 31.2 Å². The van der Waals surface area contributed by atoms with Crippen molar-refractivity contribution >= 4 is 11.9 Å². The molecule has 1 aliphatic carbocycles. The summed E-state index contributed by atoms with van der Waals surface area (Å²) in [6, 6.07) is 6.90. The van der Waals surface area contributed by atoms with E-state index in [1.54, 1.807) is 12.1 Å². The van der Waals surface area contributed by atoms with E-state index in [0.29, 0.717) is 12.0 Å². The van der Waals surface area contributed by atoms with Crippen molar-refractivity contribution in [3.05, 3.63) is 39.9 Å². The van der Waals surface area contributed by atoms with Gasteiger partial charge in [0.15, 0.2) is 0 Å². The molecule has 108 valence electrons. The fourth-order valence-corrected chi connectivity index (χ4v) is 2.75. The van der Waals surface area contributed by atoms with Crippen LogP contribution in [-0.4, -0.2) is 30.8 Å². The summed E-state index contributed by atoms with van der Waals surface area (Å²) in [4.78, 5) is 14.9. The van der Waals surface area contributed by atoms with Crippen LogP contribution in [0.15, 0.2) is 29.3 Å². The first kappa shape index (κ1) is 14.7. The van der Waals surface area contributed by atoms with Crippen molar-refractivity contribution in [2.45, 2.75) is 31.7 Å². The highest BCUT2D eigenvalue weighted by atomic mass is 16.6. The van der Waals surface area contributed by atoms with Crippen LogP contribution in [0, 0.1) is 16.0 Å². The summed E-state index contributed by atoms with van der Waals surface area (Å²) in [5, 5.41) is 13.8. The van der Waals surface area contributed by atoms with Crippen molar-refractivity contribution in [2.24, 2.45) is 10.9 Å². The first-order valence-electron chi connectivity index (χ1n) is 7.13. The molecule has 1 fully saturated rings. The Morgan fingerprint density at radius 1 is 1.35 bits per heavy atom. The van der Waals surface area contributed by atoms with Gasteiger partial charge in [0.1, 0.15) is 0 Å². The highest BCUT2D eigenvalue weighted by Crippen LogP contribution is 2.26. The van der Waals surface area contributed by atoms with Crippen molar-refractivity contribution in [2.75, 3.05) is 13.6 Å². The molecule has 2 rings (SSSR count). The van der Waals surface area contributed by atoms with Crippen molar-refractivity contribution < 1.29 is 4.92 Å². The Balaban J connectivity index is 2.01. The molecule has 1 aliphatic rings. The van der Waals surface area contributed by atoms with E-state index in [-0.39, 0.29) is 10.6 Å². The van der Waals surface area contributed by atoms with Gasteiger partial charge in [0.25, 0.3) is 5.69 Å². The highest BCUT2D eigenvalue weighted by molar-refractivity contribution is 5.80. The first-order valence-corrected chi connectivity index (χ1v) is 7.13. The van der Waals surface area contributed by atoms with E-state index < -0.39 is 0 Å². The number of rotatable bonds is 5. The largest absolute Gasteiger partial charge is 0.319 e. The first-order chi connectivity index (χ1) is 9.70. The summed E-state index contributed by atoms with van der Waals surface area (Å²) < 4.78 is 0. The molecule has 1 aromatic rings. The van der Waals surface area contributed by atoms with E-state index in [4.69, 9.17) is 4.99 Å². The Kier molecular flexibility index (Phi) is 5.24. The van der Waals surface area contributed by atoms with Crippen molar-refractivity contribution in [3.8, 4) is 0 Å². The quantitative estimate of drug-likeness (QED) is 0.510. The molecule has 0 heterocycles. The molecule has 1 aromatic carbocycles. The normalized spacial score (nSPS) is 23.1. The van der Waals surface area contributed by atoms with Crippen molar-refractivity contribution in [1.82, 2.24) is 5.32 Å². The number of hydrogen-bond acceptors (Lipinski definition) is 4. The number of non-ortho nitro benzene ring substituents is 1. The molecule has 0 saturated heterocycles. The number of aliphatic imine (C=N–C) groups is 1. The van der Waals surface area contributed by atoms with Gasteiger partial charge in [0, 0.05) is 18.3 Å². The van der Waals surface area contributed by atoms with Gasteiger partial charge in [-0.1, -0.05) is 12.8 Å². The molecular formula is C15H21N3O2. The van der Waals surface area contributed by atoms with E-state index in [1.165, 1.54) is 31.4 Å². The second kappa shape index (κ2) is 7.14. The third-order valence-electron chi connectivity index (χ3n) is 3.85. The smallest absolute Gasteiger partial charge is 0.269 e. The van der Waals surface area contributed by atoms with Gasteiger partial charge in [-0.15, -0.1) is 0 Å². The zero-order valence-electron chi connectivity index (χ0n) is 11.8. The maximum absolute atomic E-state index is 10.6. The second-order valence-electron chi connectivity index (χ2n) is 5.30. The Labute approximate surface area is 119 Å². The fraction of sp³-hybridized carbons (Fsp3) is 0.533. The van der Waals surface area contributed by atoms with Crippen LogP contribution in [0.5, 0.6) is 0 Å². The molecule has 0 amide bonds. The molecule has 0 aromatic heterocycles. The average molecular weight is 275 g/mol. The number of nitro benzene ring substituents is 1. The maximum atomic E-state index is 10.6. The van der Waals surface area contributed by atoms with E-state index >= 15 is 0 Å². The van der Waals surface area contributed by atoms with Crippen LogP contribution in [0.25, 0.3) is 0 Å². The topological polar surface area (TPSA) is 67.5 Å². The monoisotopic (exact) mass is 275 g/mol. The van der Waals surface area contributed by atoms with Crippen molar-refractivity contribution in [1.29, 1.82) is 0 Å². The number of nitrogens with zero attached hydrogens (tertiary/aromatic N) is 2. The van der Waals surface area contributed by atoms with Crippen LogP contribution in [-0.2, 0) is 0 Å². The minimum Gasteiger partial charge on any atom is -0.319 e. The van der Waals surface area contributed by atoms with Gasteiger partial charge in [-0.25, -0.2) is 0 Å². The molecular weight excluding hydrogens is 254 g/mol. The molecule has 5 nitrogen and oxygen atoms in total. The third kappa shape index (κ3) is 3.87. The summed E-state index contributed by atoms with van der Waals surface area (Å²) in [6.07, 6.45) is 6.74. The van der Waals surface area contributed by atoms with Crippen molar-refractivity contribution in [3.63, 3.8) is 0 Å². The van der Waals surface area contributed by atoms with Gasteiger partial charge >= 0.3 is 0 Å². The molecule has 1 saturated carbocycles. The highest BCUT2D eigenvalue weighted by Gasteiger charge is 2.23. The molecule has 0 bridgehead atoms. The minimum atomic E-state index is -0.384. The molecule has 0 unspecified atom stereocenters. The minimum absolute atomic E-state index is 0.118. The SMILES string of the molecule is CNC[C@@H]1CCCC[C@H]1N=Cc1ccc([N+](=O)[O-])cc1. The van der Waals surface area contributed by atoms with Crippen LogP contribution in [0.2, 0.25) is 0 Å². The predicted molar refractivity (Wildman–Crippen MR) is 80.4 cm³/mol. The van der Waals surface area contributed by atoms with Gasteiger partial charge in [-0.3, -0.25) is 15.1 Å². The summed E-state index contributed by atoms with van der Waals surface area (Å²) in [5.41, 5.74) is 1.04. The molecule has 20 heavy (non-hydrogen) atoms. The van der Waals surface area contributed by atoms with Gasteiger partial charge in [-0.2, -0.15) is 0 Å². The van der Waals surface area contributed by atoms with E-state index in [2.05, 4.69) is 5.32 Å². The van der Waals surface area contributed by atoms with Crippen LogP contribution in [0.4, 0.5) is 5.69 Å². The molecule has 5 heteroatoms. The zero-order chi connectivity index (χ0) is 14.4. The summed E-state index contributed by atoms with van der Waals surface area (Å²) >= 11 is 0. The summed E-state index contributed by atoms with van der Waals surface area (Å²) in [6.45, 7) is 1.00. The molecule has 1 N–H and O–H groups in total. The molecule has 0 aliphatic heterocycles. The lowest BCUT2D eigenvalue weighted by Gasteiger charge is -2.28. The summed E-state index contributed by atoms with van der Waals surface area (Å²) in [5.74, 6) is 0.600. The number of nitro groups is 1. The lowest BCUT2D eigenvalue weighted by Crippen LogP contribution is -2.31. The van der Waals surface area contributed by atoms with Crippen LogP contribution >= 0.6 is 0 Å². The van der Waals surface area contributed by atoms with Crippen LogP contribution in [0.3, 0.4) is 0 Å². The Hall–Kier alpha value is -1.75. The van der Waals surface area contributed by atoms with E-state index in [1.807, 2.05) is 13.3 Å². The lowest BCUT2D eigenvalue weighted by atomic mass is 9.85. The summed E-state index contributed by atoms with van der Waals surface area (Å²) in [7, 11) is 1.98. The average Bonchev–Trinajstić information content (AvgIpc) is 2.47. The number of benzene rings is 1. The van der Waals surface area contributed by atoms with Gasteiger partial charge in [0.05, 0.1) is 11.0 Å². The van der Waals surface area contributed by atoms with Gasteiger partial charge in [-0.05, 0) is 50.0 Å². The van der Waals surface area contributed by atoms with E-state index in [0.717, 1.165) is 18.5 Å². The second-order valence-corrected chi connectivity index (χ2v) is 5.30. The number of nitrogens with one attached hydrogen (secondary N) is 1. The third-order valence-corrected chi connectivity index (χ3v) is 3.85.